The highest BCUT2D eigenvalue weighted by molar-refractivity contribution is 5.81. The lowest BCUT2D eigenvalue weighted by Gasteiger charge is -2.34. The first-order chi connectivity index (χ1) is 11.9. The van der Waals surface area contributed by atoms with Crippen LogP contribution in [0.3, 0.4) is 0 Å². The lowest BCUT2D eigenvalue weighted by Crippen LogP contribution is -2.48. The SMILES string of the molecule is CC(C)(C)C(=O)NC1CCN(c2nccn3nc(C4CC4)cc23)CC1. The Morgan fingerprint density at radius 3 is 2.56 bits per heavy atom. The van der Waals surface area contributed by atoms with Crippen molar-refractivity contribution >= 4 is 17.2 Å². The fraction of sp³-hybridized carbons (Fsp3) is 0.632. The van der Waals surface area contributed by atoms with E-state index in [9.17, 15) is 4.79 Å². The number of aromatic nitrogens is 3. The van der Waals surface area contributed by atoms with E-state index in [2.05, 4.69) is 21.3 Å². The summed E-state index contributed by atoms with van der Waals surface area (Å²) >= 11 is 0. The van der Waals surface area contributed by atoms with Gasteiger partial charge in [0.2, 0.25) is 5.91 Å². The van der Waals surface area contributed by atoms with Gasteiger partial charge < -0.3 is 10.2 Å². The number of nitrogens with zero attached hydrogens (tertiary/aromatic N) is 4. The number of nitrogens with one attached hydrogen (secondary N) is 1. The maximum absolute atomic E-state index is 12.2. The average Bonchev–Trinajstić information content (AvgIpc) is 3.33. The molecule has 2 aromatic heterocycles. The standard InChI is InChI=1S/C19H27N5O/c1-19(2,3)18(25)21-14-6-9-23(10-7-14)17-16-12-15(13-4-5-13)22-24(16)11-8-20-17/h8,11-14H,4-7,9-10H2,1-3H3,(H,21,25). The summed E-state index contributed by atoms with van der Waals surface area (Å²) in [6.07, 6.45) is 8.18. The van der Waals surface area contributed by atoms with Gasteiger partial charge in [-0.15, -0.1) is 0 Å². The fourth-order valence-corrected chi connectivity index (χ4v) is 3.39. The molecule has 2 aromatic rings. The van der Waals surface area contributed by atoms with Gasteiger partial charge in [0.25, 0.3) is 0 Å². The van der Waals surface area contributed by atoms with Crippen LogP contribution in [-0.4, -0.2) is 39.6 Å². The van der Waals surface area contributed by atoms with Gasteiger partial charge in [-0.2, -0.15) is 5.10 Å². The van der Waals surface area contributed by atoms with Gasteiger partial charge in [-0.1, -0.05) is 20.8 Å². The van der Waals surface area contributed by atoms with Crippen molar-refractivity contribution in [3.8, 4) is 0 Å². The minimum absolute atomic E-state index is 0.135. The number of hydrogen-bond donors (Lipinski definition) is 1. The highest BCUT2D eigenvalue weighted by Gasteiger charge is 2.29. The number of carbonyl (C=O) groups excluding carboxylic acids is 1. The summed E-state index contributed by atoms with van der Waals surface area (Å²) in [6, 6.07) is 2.46. The van der Waals surface area contributed by atoms with E-state index in [0.717, 1.165) is 37.3 Å². The van der Waals surface area contributed by atoms with E-state index in [0.29, 0.717) is 5.92 Å². The van der Waals surface area contributed by atoms with Gasteiger partial charge >= 0.3 is 0 Å². The van der Waals surface area contributed by atoms with Crippen molar-refractivity contribution in [3.05, 3.63) is 24.2 Å². The molecule has 1 N–H and O–H groups in total. The maximum Gasteiger partial charge on any atom is 0.225 e. The predicted molar refractivity (Wildman–Crippen MR) is 97.8 cm³/mol. The molecule has 1 amide bonds. The molecule has 0 atom stereocenters. The first-order valence-electron chi connectivity index (χ1n) is 9.32. The summed E-state index contributed by atoms with van der Waals surface area (Å²) in [7, 11) is 0. The Labute approximate surface area is 148 Å². The molecule has 2 fully saturated rings. The van der Waals surface area contributed by atoms with Gasteiger partial charge in [-0.3, -0.25) is 4.79 Å². The first-order valence-corrected chi connectivity index (χ1v) is 9.32. The molecular weight excluding hydrogens is 314 g/mol. The van der Waals surface area contributed by atoms with E-state index in [4.69, 9.17) is 5.10 Å². The van der Waals surface area contributed by atoms with Crippen LogP contribution in [0.2, 0.25) is 0 Å². The summed E-state index contributed by atoms with van der Waals surface area (Å²) in [5.74, 6) is 1.80. The Bertz CT molecular complexity index is 779. The molecule has 6 heteroatoms. The van der Waals surface area contributed by atoms with E-state index in [-0.39, 0.29) is 17.4 Å². The molecule has 1 saturated heterocycles. The van der Waals surface area contributed by atoms with Crippen molar-refractivity contribution in [2.45, 2.75) is 58.4 Å². The Balaban J connectivity index is 1.46. The molecule has 6 nitrogen and oxygen atoms in total. The first kappa shape index (κ1) is 16.4. The maximum atomic E-state index is 12.2. The molecule has 4 rings (SSSR count). The molecule has 3 heterocycles. The second-order valence-corrected chi connectivity index (χ2v) is 8.41. The van der Waals surface area contributed by atoms with Crippen molar-refractivity contribution in [2.24, 2.45) is 5.41 Å². The third kappa shape index (κ3) is 3.34. The molecule has 1 aliphatic carbocycles. The highest BCUT2D eigenvalue weighted by atomic mass is 16.2. The molecule has 134 valence electrons. The van der Waals surface area contributed by atoms with Crippen LogP contribution in [0.15, 0.2) is 18.5 Å². The van der Waals surface area contributed by atoms with Crippen LogP contribution in [0.5, 0.6) is 0 Å². The monoisotopic (exact) mass is 341 g/mol. The summed E-state index contributed by atoms with van der Waals surface area (Å²) < 4.78 is 1.96. The highest BCUT2D eigenvalue weighted by Crippen LogP contribution is 2.40. The molecule has 0 radical (unpaired) electrons. The van der Waals surface area contributed by atoms with Crippen LogP contribution in [-0.2, 0) is 4.79 Å². The fourth-order valence-electron chi connectivity index (χ4n) is 3.39. The number of rotatable bonds is 3. The van der Waals surface area contributed by atoms with Gasteiger partial charge in [-0.05, 0) is 31.7 Å². The molecular formula is C19H27N5O. The molecule has 2 aliphatic rings. The van der Waals surface area contributed by atoms with Crippen molar-refractivity contribution in [1.82, 2.24) is 19.9 Å². The second kappa shape index (κ2) is 6.00. The zero-order chi connectivity index (χ0) is 17.6. The van der Waals surface area contributed by atoms with Crippen molar-refractivity contribution in [2.75, 3.05) is 18.0 Å². The molecule has 25 heavy (non-hydrogen) atoms. The third-order valence-corrected chi connectivity index (χ3v) is 5.19. The van der Waals surface area contributed by atoms with Crippen LogP contribution in [0.1, 0.15) is 58.1 Å². The minimum Gasteiger partial charge on any atom is -0.355 e. The summed E-state index contributed by atoms with van der Waals surface area (Å²) in [5.41, 5.74) is 1.96. The van der Waals surface area contributed by atoms with E-state index in [1.54, 1.807) is 0 Å². The number of amides is 1. The van der Waals surface area contributed by atoms with Crippen molar-refractivity contribution < 1.29 is 4.79 Å². The summed E-state index contributed by atoms with van der Waals surface area (Å²) in [6.45, 7) is 7.69. The molecule has 1 aliphatic heterocycles. The van der Waals surface area contributed by atoms with E-state index in [1.165, 1.54) is 18.5 Å². The largest absolute Gasteiger partial charge is 0.355 e. The zero-order valence-corrected chi connectivity index (χ0v) is 15.3. The van der Waals surface area contributed by atoms with Crippen LogP contribution in [0.25, 0.3) is 5.52 Å². The van der Waals surface area contributed by atoms with Gasteiger partial charge in [-0.25, -0.2) is 9.50 Å². The van der Waals surface area contributed by atoms with Gasteiger partial charge in [0.15, 0.2) is 5.82 Å². The predicted octanol–water partition coefficient (Wildman–Crippen LogP) is 2.74. The van der Waals surface area contributed by atoms with Crippen molar-refractivity contribution in [3.63, 3.8) is 0 Å². The third-order valence-electron chi connectivity index (χ3n) is 5.19. The molecule has 1 saturated carbocycles. The Morgan fingerprint density at radius 1 is 1.20 bits per heavy atom. The van der Waals surface area contributed by atoms with Crippen LogP contribution in [0, 0.1) is 5.41 Å². The molecule has 0 unspecified atom stereocenters. The minimum atomic E-state index is -0.332. The number of hydrogen-bond acceptors (Lipinski definition) is 4. The topological polar surface area (TPSA) is 62.5 Å². The van der Waals surface area contributed by atoms with Gasteiger partial charge in [0, 0.05) is 42.9 Å². The van der Waals surface area contributed by atoms with Crippen LogP contribution >= 0.6 is 0 Å². The van der Waals surface area contributed by atoms with Gasteiger partial charge in [0.05, 0.1) is 5.69 Å². The quantitative estimate of drug-likeness (QED) is 0.932. The second-order valence-electron chi connectivity index (χ2n) is 8.41. The van der Waals surface area contributed by atoms with Crippen LogP contribution in [0.4, 0.5) is 5.82 Å². The normalized spacial score (nSPS) is 19.4. The van der Waals surface area contributed by atoms with E-state index in [1.807, 2.05) is 37.7 Å². The average molecular weight is 341 g/mol. The number of fused-ring (bicyclic) bond motifs is 1. The number of piperidine rings is 1. The smallest absolute Gasteiger partial charge is 0.225 e. The zero-order valence-electron chi connectivity index (χ0n) is 15.3. The molecule has 0 spiro atoms. The molecule has 0 aromatic carbocycles. The lowest BCUT2D eigenvalue weighted by atomic mass is 9.94. The van der Waals surface area contributed by atoms with E-state index < -0.39 is 0 Å². The number of anilines is 1. The van der Waals surface area contributed by atoms with E-state index >= 15 is 0 Å². The Hall–Kier alpha value is -2.11. The summed E-state index contributed by atoms with van der Waals surface area (Å²) in [5, 5.41) is 7.90. The van der Waals surface area contributed by atoms with Gasteiger partial charge in [0.1, 0.15) is 5.52 Å². The summed E-state index contributed by atoms with van der Waals surface area (Å²) in [4.78, 5) is 19.1. The van der Waals surface area contributed by atoms with Crippen LogP contribution < -0.4 is 10.2 Å². The van der Waals surface area contributed by atoms with Crippen molar-refractivity contribution in [1.29, 1.82) is 0 Å². The number of carbonyl (C=O) groups is 1. The Morgan fingerprint density at radius 2 is 1.92 bits per heavy atom. The lowest BCUT2D eigenvalue weighted by molar-refractivity contribution is -0.129. The molecule has 0 bridgehead atoms. The Kier molecular flexibility index (Phi) is 3.93.